The minimum absolute atomic E-state index is 0.0225. The van der Waals surface area contributed by atoms with Crippen LogP contribution in [0.4, 0.5) is 0 Å². The van der Waals surface area contributed by atoms with Gasteiger partial charge in [0.1, 0.15) is 0 Å². The van der Waals surface area contributed by atoms with Crippen molar-refractivity contribution in [2.24, 2.45) is 0 Å². The van der Waals surface area contributed by atoms with Crippen LogP contribution in [0.5, 0.6) is 0 Å². The molecule has 0 unspecified atom stereocenters. The second kappa shape index (κ2) is 5.82. The fourth-order valence-corrected chi connectivity index (χ4v) is 2.34. The van der Waals surface area contributed by atoms with E-state index in [9.17, 15) is 4.79 Å². The topological polar surface area (TPSA) is 32.3 Å². The van der Waals surface area contributed by atoms with Crippen LogP contribution in [0.2, 0.25) is 0 Å². The van der Waals surface area contributed by atoms with Crippen LogP contribution in [0, 0.1) is 0 Å². The highest BCUT2D eigenvalue weighted by Gasteiger charge is 2.24. The normalized spacial score (nSPS) is 17.8. The fraction of sp³-hybridized carbons (Fsp3) is 0.500. The second-order valence-corrected chi connectivity index (χ2v) is 4.45. The zero-order valence-electron chi connectivity index (χ0n) is 10.4. The predicted octanol–water partition coefficient (Wildman–Crippen LogP) is 1.61. The Bertz CT molecular complexity index is 358. The van der Waals surface area contributed by atoms with Crippen molar-refractivity contribution in [3.05, 3.63) is 35.9 Å². The van der Waals surface area contributed by atoms with Crippen LogP contribution < -0.4 is 5.32 Å². The fourth-order valence-electron chi connectivity index (χ4n) is 2.34. The smallest absolute Gasteiger partial charge is 0.230 e. The zero-order chi connectivity index (χ0) is 12.1. The van der Waals surface area contributed by atoms with E-state index < -0.39 is 0 Å². The first-order valence-electron chi connectivity index (χ1n) is 6.37. The number of carbonyl (C=O) groups excluding carboxylic acids is 1. The lowest BCUT2D eigenvalue weighted by Crippen LogP contribution is -2.47. The van der Waals surface area contributed by atoms with E-state index in [0.717, 1.165) is 38.2 Å². The predicted molar refractivity (Wildman–Crippen MR) is 68.9 cm³/mol. The third kappa shape index (κ3) is 2.86. The van der Waals surface area contributed by atoms with Gasteiger partial charge in [-0.15, -0.1) is 0 Å². The van der Waals surface area contributed by atoms with Crippen LogP contribution in [0.3, 0.4) is 0 Å². The third-order valence-corrected chi connectivity index (χ3v) is 3.34. The van der Waals surface area contributed by atoms with Crippen molar-refractivity contribution >= 4 is 5.91 Å². The van der Waals surface area contributed by atoms with E-state index in [1.54, 1.807) is 0 Å². The van der Waals surface area contributed by atoms with Gasteiger partial charge in [0, 0.05) is 26.2 Å². The minimum atomic E-state index is 0.0225. The highest BCUT2D eigenvalue weighted by atomic mass is 16.2. The Morgan fingerprint density at radius 3 is 2.53 bits per heavy atom. The Balaban J connectivity index is 2.10. The van der Waals surface area contributed by atoms with Crippen molar-refractivity contribution in [3.63, 3.8) is 0 Å². The molecule has 1 aromatic carbocycles. The number of carbonyl (C=O) groups is 1. The number of rotatable bonds is 3. The number of benzene rings is 1. The summed E-state index contributed by atoms with van der Waals surface area (Å²) in [5.41, 5.74) is 1.14. The summed E-state index contributed by atoms with van der Waals surface area (Å²) in [7, 11) is 0. The van der Waals surface area contributed by atoms with Crippen LogP contribution in [0.15, 0.2) is 30.3 Å². The number of piperazine rings is 1. The van der Waals surface area contributed by atoms with Gasteiger partial charge in [0.05, 0.1) is 5.92 Å². The molecule has 0 aromatic heterocycles. The molecule has 1 aromatic rings. The molecular weight excluding hydrogens is 212 g/mol. The van der Waals surface area contributed by atoms with Gasteiger partial charge in [-0.2, -0.15) is 0 Å². The molecule has 1 N–H and O–H groups in total. The van der Waals surface area contributed by atoms with E-state index in [4.69, 9.17) is 0 Å². The van der Waals surface area contributed by atoms with Gasteiger partial charge in [0.2, 0.25) is 5.91 Å². The van der Waals surface area contributed by atoms with Crippen molar-refractivity contribution in [3.8, 4) is 0 Å². The maximum atomic E-state index is 12.4. The molecule has 0 aliphatic carbocycles. The number of hydrogen-bond donors (Lipinski definition) is 1. The van der Waals surface area contributed by atoms with E-state index >= 15 is 0 Å². The molecule has 17 heavy (non-hydrogen) atoms. The largest absolute Gasteiger partial charge is 0.340 e. The van der Waals surface area contributed by atoms with Crippen molar-refractivity contribution in [2.45, 2.75) is 19.3 Å². The standard InChI is InChI=1S/C14H20N2O/c1-2-13(12-6-4-3-5-7-12)14(17)16-10-8-15-9-11-16/h3-7,13,15H,2,8-11H2,1H3/t13-/m1/s1. The third-order valence-electron chi connectivity index (χ3n) is 3.34. The van der Waals surface area contributed by atoms with Gasteiger partial charge in [-0.3, -0.25) is 4.79 Å². The van der Waals surface area contributed by atoms with E-state index in [0.29, 0.717) is 0 Å². The molecule has 0 bridgehead atoms. The molecule has 1 saturated heterocycles. The Labute approximate surface area is 103 Å². The number of hydrogen-bond acceptors (Lipinski definition) is 2. The van der Waals surface area contributed by atoms with Crippen LogP contribution >= 0.6 is 0 Å². The van der Waals surface area contributed by atoms with Crippen LogP contribution in [-0.2, 0) is 4.79 Å². The van der Waals surface area contributed by atoms with E-state index in [1.165, 1.54) is 0 Å². The summed E-state index contributed by atoms with van der Waals surface area (Å²) < 4.78 is 0. The first kappa shape index (κ1) is 12.1. The zero-order valence-corrected chi connectivity index (χ0v) is 10.4. The summed E-state index contributed by atoms with van der Waals surface area (Å²) in [6.45, 7) is 5.58. The minimum Gasteiger partial charge on any atom is -0.340 e. The second-order valence-electron chi connectivity index (χ2n) is 4.45. The van der Waals surface area contributed by atoms with E-state index in [1.807, 2.05) is 35.2 Å². The molecule has 2 rings (SSSR count). The molecule has 0 saturated carbocycles. The highest BCUT2D eigenvalue weighted by Crippen LogP contribution is 2.22. The SMILES string of the molecule is CC[C@@H](C(=O)N1CCNCC1)c1ccccc1. The first-order chi connectivity index (χ1) is 8.33. The lowest BCUT2D eigenvalue weighted by Gasteiger charge is -2.30. The number of nitrogens with one attached hydrogen (secondary N) is 1. The monoisotopic (exact) mass is 232 g/mol. The van der Waals surface area contributed by atoms with Crippen molar-refractivity contribution < 1.29 is 4.79 Å². The maximum absolute atomic E-state index is 12.4. The maximum Gasteiger partial charge on any atom is 0.230 e. The number of nitrogens with zero attached hydrogens (tertiary/aromatic N) is 1. The Kier molecular flexibility index (Phi) is 4.15. The number of amides is 1. The van der Waals surface area contributed by atoms with Gasteiger partial charge in [0.15, 0.2) is 0 Å². The molecule has 3 heteroatoms. The van der Waals surface area contributed by atoms with Gasteiger partial charge >= 0.3 is 0 Å². The lowest BCUT2D eigenvalue weighted by atomic mass is 9.95. The summed E-state index contributed by atoms with van der Waals surface area (Å²) in [5.74, 6) is 0.300. The molecule has 92 valence electrons. The van der Waals surface area contributed by atoms with Gasteiger partial charge in [0.25, 0.3) is 0 Å². The molecule has 1 aliphatic heterocycles. The molecule has 1 aliphatic rings. The van der Waals surface area contributed by atoms with Crippen LogP contribution in [0.1, 0.15) is 24.8 Å². The molecule has 0 spiro atoms. The summed E-state index contributed by atoms with van der Waals surface area (Å²) in [6, 6.07) is 10.1. The molecular formula is C14H20N2O. The molecule has 0 radical (unpaired) electrons. The average molecular weight is 232 g/mol. The molecule has 1 atom stereocenters. The van der Waals surface area contributed by atoms with Gasteiger partial charge in [-0.05, 0) is 12.0 Å². The van der Waals surface area contributed by atoms with Crippen molar-refractivity contribution in [1.82, 2.24) is 10.2 Å². The van der Waals surface area contributed by atoms with Gasteiger partial charge < -0.3 is 10.2 Å². The van der Waals surface area contributed by atoms with Gasteiger partial charge in [-0.1, -0.05) is 37.3 Å². The molecule has 1 heterocycles. The quantitative estimate of drug-likeness (QED) is 0.858. The van der Waals surface area contributed by atoms with Crippen molar-refractivity contribution in [2.75, 3.05) is 26.2 Å². The Hall–Kier alpha value is -1.35. The lowest BCUT2D eigenvalue weighted by molar-refractivity contribution is -0.133. The summed E-state index contributed by atoms with van der Waals surface area (Å²) in [4.78, 5) is 14.4. The Morgan fingerprint density at radius 2 is 1.94 bits per heavy atom. The first-order valence-corrected chi connectivity index (χ1v) is 6.37. The Morgan fingerprint density at radius 1 is 1.29 bits per heavy atom. The average Bonchev–Trinajstić information content (AvgIpc) is 2.42. The van der Waals surface area contributed by atoms with Crippen molar-refractivity contribution in [1.29, 1.82) is 0 Å². The van der Waals surface area contributed by atoms with Gasteiger partial charge in [-0.25, -0.2) is 0 Å². The molecule has 3 nitrogen and oxygen atoms in total. The van der Waals surface area contributed by atoms with Crippen LogP contribution in [-0.4, -0.2) is 37.0 Å². The van der Waals surface area contributed by atoms with E-state index in [-0.39, 0.29) is 11.8 Å². The summed E-state index contributed by atoms with van der Waals surface area (Å²) in [5, 5.41) is 3.27. The molecule has 1 fully saturated rings. The molecule has 1 amide bonds. The highest BCUT2D eigenvalue weighted by molar-refractivity contribution is 5.83. The summed E-state index contributed by atoms with van der Waals surface area (Å²) in [6.07, 6.45) is 0.868. The van der Waals surface area contributed by atoms with E-state index in [2.05, 4.69) is 12.2 Å². The summed E-state index contributed by atoms with van der Waals surface area (Å²) >= 11 is 0. The van der Waals surface area contributed by atoms with Crippen LogP contribution in [0.25, 0.3) is 0 Å².